The fourth-order valence-electron chi connectivity index (χ4n) is 2.50. The van der Waals surface area contributed by atoms with E-state index in [0.29, 0.717) is 17.4 Å². The van der Waals surface area contributed by atoms with Gasteiger partial charge in [0.1, 0.15) is 11.6 Å². The Labute approximate surface area is 143 Å². The summed E-state index contributed by atoms with van der Waals surface area (Å²) in [5.41, 5.74) is 2.64. The van der Waals surface area contributed by atoms with Gasteiger partial charge in [0, 0.05) is 6.07 Å². The van der Waals surface area contributed by atoms with E-state index in [4.69, 9.17) is 0 Å². The molecule has 0 atom stereocenters. The van der Waals surface area contributed by atoms with Crippen molar-refractivity contribution in [3.8, 4) is 5.69 Å². The number of halogens is 2. The van der Waals surface area contributed by atoms with E-state index in [9.17, 15) is 13.6 Å². The molecule has 2 aromatic carbocycles. The fourth-order valence-corrected chi connectivity index (χ4v) is 2.50. The van der Waals surface area contributed by atoms with Crippen LogP contribution in [0.3, 0.4) is 0 Å². The maximum Gasteiger partial charge on any atom is 0.323 e. The van der Waals surface area contributed by atoms with Crippen LogP contribution in [0, 0.1) is 25.5 Å². The van der Waals surface area contributed by atoms with Crippen LogP contribution in [-0.2, 0) is 0 Å². The van der Waals surface area contributed by atoms with E-state index in [1.54, 1.807) is 11.6 Å². The summed E-state index contributed by atoms with van der Waals surface area (Å²) < 4.78 is 28.3. The molecule has 0 radical (unpaired) electrons. The van der Waals surface area contributed by atoms with E-state index < -0.39 is 17.7 Å². The molecule has 0 aliphatic rings. The van der Waals surface area contributed by atoms with Crippen LogP contribution in [0.5, 0.6) is 0 Å². The number of aromatic nitrogens is 2. The van der Waals surface area contributed by atoms with Crippen LogP contribution in [0.4, 0.5) is 25.0 Å². The second kappa shape index (κ2) is 6.72. The van der Waals surface area contributed by atoms with Gasteiger partial charge in [-0.15, -0.1) is 0 Å². The lowest BCUT2D eigenvalue weighted by atomic mass is 10.3. The number of hydrogen-bond donors (Lipinski definition) is 2. The van der Waals surface area contributed by atoms with Gasteiger partial charge in [-0.2, -0.15) is 5.10 Å². The van der Waals surface area contributed by atoms with Gasteiger partial charge in [-0.25, -0.2) is 18.3 Å². The third-order valence-corrected chi connectivity index (χ3v) is 3.71. The number of urea groups is 1. The normalized spacial score (nSPS) is 10.6. The summed E-state index contributed by atoms with van der Waals surface area (Å²) in [6.45, 7) is 3.58. The zero-order chi connectivity index (χ0) is 18.0. The lowest BCUT2D eigenvalue weighted by molar-refractivity contribution is 0.262. The number of rotatable bonds is 3. The molecule has 3 aromatic rings. The molecule has 0 saturated carbocycles. The number of nitrogens with zero attached hydrogens (tertiary/aromatic N) is 2. The third-order valence-electron chi connectivity index (χ3n) is 3.71. The number of carbonyl (C=O) groups excluding carboxylic acids is 1. The Balaban J connectivity index is 1.81. The number of aryl methyl sites for hydroxylation is 1. The maximum absolute atomic E-state index is 13.6. The van der Waals surface area contributed by atoms with Gasteiger partial charge < -0.3 is 10.6 Å². The summed E-state index contributed by atoms with van der Waals surface area (Å²) in [4.78, 5) is 12.1. The Morgan fingerprint density at radius 1 is 1.04 bits per heavy atom. The van der Waals surface area contributed by atoms with Crippen molar-refractivity contribution in [3.63, 3.8) is 0 Å². The van der Waals surface area contributed by atoms with E-state index in [2.05, 4.69) is 15.7 Å². The van der Waals surface area contributed by atoms with Crippen molar-refractivity contribution >= 4 is 17.4 Å². The first kappa shape index (κ1) is 16.6. The van der Waals surface area contributed by atoms with Crippen LogP contribution < -0.4 is 10.6 Å². The van der Waals surface area contributed by atoms with E-state index in [0.717, 1.165) is 23.5 Å². The minimum absolute atomic E-state index is 0.107. The van der Waals surface area contributed by atoms with E-state index in [1.165, 1.54) is 0 Å². The van der Waals surface area contributed by atoms with Crippen LogP contribution in [0.15, 0.2) is 48.5 Å². The average molecular weight is 342 g/mol. The second-order valence-corrected chi connectivity index (χ2v) is 5.50. The van der Waals surface area contributed by atoms with Crippen molar-refractivity contribution in [2.45, 2.75) is 13.8 Å². The van der Waals surface area contributed by atoms with Crippen LogP contribution in [0.25, 0.3) is 5.69 Å². The number of carbonyl (C=O) groups is 1. The number of nitrogens with one attached hydrogen (secondary N) is 2. The summed E-state index contributed by atoms with van der Waals surface area (Å²) in [6.07, 6.45) is 0. The smallest absolute Gasteiger partial charge is 0.305 e. The Bertz CT molecular complexity index is 922. The zero-order valence-electron chi connectivity index (χ0n) is 13.7. The Hall–Kier alpha value is -3.22. The standard InChI is InChI=1S/C18H16F2N4O/c1-11-17(12(2)24(23-11)14-6-4-3-5-7-14)22-18(25)21-16-9-8-13(19)10-15(16)20/h3-10H,1-2H3,(H2,21,22,25). The van der Waals surface area contributed by atoms with Crippen molar-refractivity contribution in [2.75, 3.05) is 10.6 Å². The predicted octanol–water partition coefficient (Wildman–Crippen LogP) is 4.41. The van der Waals surface area contributed by atoms with Crippen LogP contribution in [0.2, 0.25) is 0 Å². The molecule has 3 rings (SSSR count). The Morgan fingerprint density at radius 2 is 1.76 bits per heavy atom. The Kier molecular flexibility index (Phi) is 4.47. The highest BCUT2D eigenvalue weighted by Gasteiger charge is 2.16. The Morgan fingerprint density at radius 3 is 2.44 bits per heavy atom. The monoisotopic (exact) mass is 342 g/mol. The highest BCUT2D eigenvalue weighted by atomic mass is 19.1. The van der Waals surface area contributed by atoms with Crippen molar-refractivity contribution < 1.29 is 13.6 Å². The van der Waals surface area contributed by atoms with Crippen LogP contribution in [0.1, 0.15) is 11.4 Å². The van der Waals surface area contributed by atoms with E-state index in [-0.39, 0.29) is 5.69 Å². The van der Waals surface area contributed by atoms with Gasteiger partial charge in [-0.1, -0.05) is 18.2 Å². The average Bonchev–Trinajstić information content (AvgIpc) is 2.86. The van der Waals surface area contributed by atoms with Gasteiger partial charge in [0.25, 0.3) is 0 Å². The van der Waals surface area contributed by atoms with Gasteiger partial charge in [0.2, 0.25) is 0 Å². The molecule has 0 aliphatic heterocycles. The van der Waals surface area contributed by atoms with Gasteiger partial charge in [-0.3, -0.25) is 0 Å². The van der Waals surface area contributed by atoms with Crippen molar-refractivity contribution in [3.05, 3.63) is 71.6 Å². The molecule has 2 N–H and O–H groups in total. The first-order chi connectivity index (χ1) is 12.0. The second-order valence-electron chi connectivity index (χ2n) is 5.50. The zero-order valence-corrected chi connectivity index (χ0v) is 13.7. The minimum atomic E-state index is -0.844. The van der Waals surface area contributed by atoms with Crippen molar-refractivity contribution in [1.29, 1.82) is 0 Å². The maximum atomic E-state index is 13.6. The molecule has 0 bridgehead atoms. The highest BCUT2D eigenvalue weighted by Crippen LogP contribution is 2.23. The molecule has 1 heterocycles. The lowest BCUT2D eigenvalue weighted by Crippen LogP contribution is -2.21. The minimum Gasteiger partial charge on any atom is -0.305 e. The summed E-state index contributed by atoms with van der Waals surface area (Å²) in [5, 5.41) is 9.45. The first-order valence-corrected chi connectivity index (χ1v) is 7.60. The largest absolute Gasteiger partial charge is 0.323 e. The molecule has 0 aliphatic carbocycles. The molecular formula is C18H16F2N4O. The lowest BCUT2D eigenvalue weighted by Gasteiger charge is -2.09. The molecule has 0 spiro atoms. The number of anilines is 2. The molecule has 0 fully saturated rings. The summed E-state index contributed by atoms with van der Waals surface area (Å²) >= 11 is 0. The molecule has 5 nitrogen and oxygen atoms in total. The number of benzene rings is 2. The van der Waals surface area contributed by atoms with Crippen LogP contribution in [-0.4, -0.2) is 15.8 Å². The SMILES string of the molecule is Cc1nn(-c2ccccc2)c(C)c1NC(=O)Nc1ccc(F)cc1F. The highest BCUT2D eigenvalue weighted by molar-refractivity contribution is 6.00. The predicted molar refractivity (Wildman–Crippen MR) is 92.0 cm³/mol. The molecule has 1 aromatic heterocycles. The van der Waals surface area contributed by atoms with Gasteiger partial charge >= 0.3 is 6.03 Å². The van der Waals surface area contributed by atoms with E-state index >= 15 is 0 Å². The first-order valence-electron chi connectivity index (χ1n) is 7.60. The number of para-hydroxylation sites is 1. The quantitative estimate of drug-likeness (QED) is 0.741. The topological polar surface area (TPSA) is 59.0 Å². The van der Waals surface area contributed by atoms with Gasteiger partial charge in [0.15, 0.2) is 0 Å². The van der Waals surface area contributed by atoms with Crippen molar-refractivity contribution in [2.24, 2.45) is 0 Å². The number of hydrogen-bond acceptors (Lipinski definition) is 2. The molecule has 0 saturated heterocycles. The summed E-state index contributed by atoms with van der Waals surface area (Å²) in [5.74, 6) is -1.55. The van der Waals surface area contributed by atoms with Crippen LogP contribution >= 0.6 is 0 Å². The molecule has 7 heteroatoms. The fraction of sp³-hybridized carbons (Fsp3) is 0.111. The number of amides is 2. The molecule has 2 amide bonds. The molecule has 128 valence electrons. The van der Waals surface area contributed by atoms with Crippen molar-refractivity contribution in [1.82, 2.24) is 9.78 Å². The van der Waals surface area contributed by atoms with Gasteiger partial charge in [0.05, 0.1) is 28.5 Å². The summed E-state index contributed by atoms with van der Waals surface area (Å²) in [6, 6.07) is 11.8. The van der Waals surface area contributed by atoms with Gasteiger partial charge in [-0.05, 0) is 38.1 Å². The molecule has 25 heavy (non-hydrogen) atoms. The third kappa shape index (κ3) is 3.50. The summed E-state index contributed by atoms with van der Waals surface area (Å²) in [7, 11) is 0. The molecular weight excluding hydrogens is 326 g/mol. The van der Waals surface area contributed by atoms with E-state index in [1.807, 2.05) is 37.3 Å². The molecule has 0 unspecified atom stereocenters.